The molecule has 1 spiro atoms. The molecule has 0 N–H and O–H groups in total. The van der Waals surface area contributed by atoms with Gasteiger partial charge in [-0.15, -0.1) is 23.5 Å². The third kappa shape index (κ3) is 1.91. The van der Waals surface area contributed by atoms with Crippen molar-refractivity contribution in [2.24, 2.45) is 17.8 Å². The van der Waals surface area contributed by atoms with Gasteiger partial charge in [-0.1, -0.05) is 6.08 Å². The monoisotopic (exact) mass is 326 g/mol. The lowest BCUT2D eigenvalue weighted by atomic mass is 9.66. The van der Waals surface area contributed by atoms with Crippen LogP contribution in [0.3, 0.4) is 0 Å². The van der Waals surface area contributed by atoms with Crippen molar-refractivity contribution in [3.05, 3.63) is 11.6 Å². The van der Waals surface area contributed by atoms with E-state index in [4.69, 9.17) is 9.47 Å². The zero-order chi connectivity index (χ0) is 14.6. The first-order valence-electron chi connectivity index (χ1n) is 7.43. The van der Waals surface area contributed by atoms with Crippen LogP contribution in [0.1, 0.15) is 19.3 Å². The highest BCUT2D eigenvalue weighted by atomic mass is 32.2. The summed E-state index contributed by atoms with van der Waals surface area (Å²) in [6, 6.07) is 0. The highest BCUT2D eigenvalue weighted by molar-refractivity contribution is 8.21. The van der Waals surface area contributed by atoms with Gasteiger partial charge in [0.2, 0.25) is 0 Å². The average molecular weight is 326 g/mol. The molecule has 4 rings (SSSR count). The molecule has 2 aliphatic heterocycles. The van der Waals surface area contributed by atoms with Gasteiger partial charge in [0.05, 0.1) is 23.0 Å². The lowest BCUT2D eigenvalue weighted by molar-refractivity contribution is -0.154. The maximum atomic E-state index is 12.3. The summed E-state index contributed by atoms with van der Waals surface area (Å²) in [6.07, 6.45) is 4.76. The average Bonchev–Trinajstić information content (AvgIpc) is 3.09. The number of thioether (sulfide) groups is 2. The molecule has 6 heteroatoms. The maximum absolute atomic E-state index is 12.3. The third-order valence-corrected chi connectivity index (χ3v) is 8.76. The second-order valence-electron chi connectivity index (χ2n) is 6.04. The van der Waals surface area contributed by atoms with Gasteiger partial charge in [-0.05, 0) is 24.8 Å². The van der Waals surface area contributed by atoms with Crippen LogP contribution in [-0.2, 0) is 19.1 Å². The van der Waals surface area contributed by atoms with E-state index in [1.54, 1.807) is 0 Å². The standard InChI is InChI=1S/C15H18O4S2/c1-18-13(16)8-2-3-9-12-10(19-14(17)11(8)12)4-5-15(9)20-6-7-21-15/h3,8,10-12H,2,4-7H2,1H3/t8-,10+,11-,12-/m0/s1. The second kappa shape index (κ2) is 4.95. The molecule has 0 aromatic heterocycles. The van der Waals surface area contributed by atoms with Crippen molar-refractivity contribution in [2.45, 2.75) is 29.4 Å². The Bertz CT molecular complexity index is 524. The SMILES string of the molecule is COC(=O)[C@H]1CC=C2[C@@H]3[C@H]1C(=O)O[C@@H]3CCC21SCCS1. The van der Waals surface area contributed by atoms with Crippen molar-refractivity contribution >= 4 is 35.5 Å². The Kier molecular flexibility index (Phi) is 3.30. The van der Waals surface area contributed by atoms with Crippen molar-refractivity contribution in [1.29, 1.82) is 0 Å². The number of fused-ring (bicyclic) bond motifs is 1. The van der Waals surface area contributed by atoms with Gasteiger partial charge in [-0.3, -0.25) is 9.59 Å². The fraction of sp³-hybridized carbons (Fsp3) is 0.733. The lowest BCUT2D eigenvalue weighted by Crippen LogP contribution is -2.44. The number of rotatable bonds is 1. The van der Waals surface area contributed by atoms with Gasteiger partial charge in [0.15, 0.2) is 0 Å². The van der Waals surface area contributed by atoms with Crippen LogP contribution in [0.25, 0.3) is 0 Å². The van der Waals surface area contributed by atoms with Crippen molar-refractivity contribution < 1.29 is 19.1 Å². The van der Waals surface area contributed by atoms with Crippen LogP contribution in [0.15, 0.2) is 11.6 Å². The minimum Gasteiger partial charge on any atom is -0.469 e. The molecule has 114 valence electrons. The normalized spacial score (nSPS) is 39.7. The Balaban J connectivity index is 1.75. The molecule has 3 fully saturated rings. The van der Waals surface area contributed by atoms with E-state index in [2.05, 4.69) is 6.08 Å². The van der Waals surface area contributed by atoms with Crippen LogP contribution < -0.4 is 0 Å². The highest BCUT2D eigenvalue weighted by Crippen LogP contribution is 2.62. The lowest BCUT2D eigenvalue weighted by Gasteiger charge is -2.44. The summed E-state index contributed by atoms with van der Waals surface area (Å²) in [5.74, 6) is 1.24. The molecule has 2 saturated heterocycles. The number of carbonyl (C=O) groups excluding carboxylic acids is 2. The van der Waals surface area contributed by atoms with Gasteiger partial charge in [0.25, 0.3) is 0 Å². The first kappa shape index (κ1) is 14.0. The van der Waals surface area contributed by atoms with Crippen molar-refractivity contribution in [1.82, 2.24) is 0 Å². The molecule has 2 aliphatic carbocycles. The molecule has 0 bridgehead atoms. The Labute approximate surface area is 132 Å². The van der Waals surface area contributed by atoms with Gasteiger partial charge < -0.3 is 9.47 Å². The van der Waals surface area contributed by atoms with Gasteiger partial charge in [0.1, 0.15) is 6.10 Å². The summed E-state index contributed by atoms with van der Waals surface area (Å²) in [5, 5.41) is 0. The molecule has 4 nitrogen and oxygen atoms in total. The number of allylic oxidation sites excluding steroid dienone is 1. The Morgan fingerprint density at radius 2 is 2.14 bits per heavy atom. The number of carbonyl (C=O) groups is 2. The van der Waals surface area contributed by atoms with Gasteiger partial charge in [0, 0.05) is 17.4 Å². The molecular formula is C15H18O4S2. The van der Waals surface area contributed by atoms with E-state index in [-0.39, 0.29) is 39.9 Å². The Morgan fingerprint density at radius 3 is 2.86 bits per heavy atom. The third-order valence-electron chi connectivity index (χ3n) is 5.17. The largest absolute Gasteiger partial charge is 0.469 e. The maximum Gasteiger partial charge on any atom is 0.310 e. The zero-order valence-electron chi connectivity index (χ0n) is 11.9. The summed E-state index contributed by atoms with van der Waals surface area (Å²) in [5.41, 5.74) is 1.36. The molecule has 4 atom stereocenters. The van der Waals surface area contributed by atoms with E-state index >= 15 is 0 Å². The quantitative estimate of drug-likeness (QED) is 0.544. The number of methoxy groups -OCH3 is 1. The molecule has 2 heterocycles. The van der Waals surface area contributed by atoms with Crippen LogP contribution in [0, 0.1) is 17.8 Å². The number of ether oxygens (including phenoxy) is 2. The first-order valence-corrected chi connectivity index (χ1v) is 9.40. The number of hydrogen-bond acceptors (Lipinski definition) is 6. The Morgan fingerprint density at radius 1 is 1.38 bits per heavy atom. The van der Waals surface area contributed by atoms with Gasteiger partial charge >= 0.3 is 11.9 Å². The summed E-state index contributed by atoms with van der Waals surface area (Å²) in [7, 11) is 1.39. The summed E-state index contributed by atoms with van der Waals surface area (Å²) >= 11 is 4.02. The topological polar surface area (TPSA) is 52.6 Å². The van der Waals surface area contributed by atoms with Crippen molar-refractivity contribution in [2.75, 3.05) is 18.6 Å². The fourth-order valence-corrected chi connectivity index (χ4v) is 7.76. The second-order valence-corrected chi connectivity index (χ2v) is 9.09. The van der Waals surface area contributed by atoms with Crippen molar-refractivity contribution in [3.63, 3.8) is 0 Å². The van der Waals surface area contributed by atoms with Gasteiger partial charge in [-0.25, -0.2) is 0 Å². The molecule has 0 aromatic carbocycles. The summed E-state index contributed by atoms with van der Waals surface area (Å²) < 4.78 is 10.6. The van der Waals surface area contributed by atoms with E-state index in [1.807, 2.05) is 23.5 Å². The predicted molar refractivity (Wildman–Crippen MR) is 81.9 cm³/mol. The van der Waals surface area contributed by atoms with Crippen molar-refractivity contribution in [3.8, 4) is 0 Å². The molecule has 0 aromatic rings. The molecule has 0 amide bonds. The van der Waals surface area contributed by atoms with E-state index < -0.39 is 0 Å². The number of esters is 2. The predicted octanol–water partition coefficient (Wildman–Crippen LogP) is 2.23. The molecular weight excluding hydrogens is 308 g/mol. The first-order chi connectivity index (χ1) is 10.2. The minimum absolute atomic E-state index is 0.0337. The molecule has 1 saturated carbocycles. The summed E-state index contributed by atoms with van der Waals surface area (Å²) in [4.78, 5) is 24.3. The molecule has 21 heavy (non-hydrogen) atoms. The van der Waals surface area contributed by atoms with E-state index in [0.29, 0.717) is 6.42 Å². The Hall–Kier alpha value is -0.620. The molecule has 0 radical (unpaired) electrons. The smallest absolute Gasteiger partial charge is 0.310 e. The highest BCUT2D eigenvalue weighted by Gasteiger charge is 2.60. The minimum atomic E-state index is -0.368. The molecule has 4 aliphatic rings. The van der Waals surface area contributed by atoms with Crippen LogP contribution >= 0.6 is 23.5 Å². The van der Waals surface area contributed by atoms with Gasteiger partial charge in [-0.2, -0.15) is 0 Å². The van der Waals surface area contributed by atoms with E-state index in [9.17, 15) is 9.59 Å². The summed E-state index contributed by atoms with van der Waals surface area (Å²) in [6.45, 7) is 0. The van der Waals surface area contributed by atoms with Crippen LogP contribution in [0.4, 0.5) is 0 Å². The van der Waals surface area contributed by atoms with E-state index in [1.165, 1.54) is 24.2 Å². The fourth-order valence-electron chi connectivity index (χ4n) is 4.31. The van der Waals surface area contributed by atoms with E-state index in [0.717, 1.165) is 12.8 Å². The number of hydrogen-bond donors (Lipinski definition) is 0. The van der Waals surface area contributed by atoms with Crippen LogP contribution in [-0.4, -0.2) is 40.7 Å². The molecule has 0 unspecified atom stereocenters. The zero-order valence-corrected chi connectivity index (χ0v) is 13.5. The van der Waals surface area contributed by atoms with Crippen LogP contribution in [0.2, 0.25) is 0 Å². The van der Waals surface area contributed by atoms with Crippen LogP contribution in [0.5, 0.6) is 0 Å².